The van der Waals surface area contributed by atoms with E-state index in [1.807, 2.05) is 20.1 Å². The Morgan fingerprint density at radius 1 is 1.00 bits per heavy atom. The molecule has 17 heteroatoms. The molecule has 1 fully saturated rings. The summed E-state index contributed by atoms with van der Waals surface area (Å²) < 4.78 is 86.0. The van der Waals surface area contributed by atoms with Crippen LogP contribution in [0.4, 0.5) is 26.3 Å². The van der Waals surface area contributed by atoms with Crippen molar-refractivity contribution in [3.8, 4) is 0 Å². The second kappa shape index (κ2) is 17.7. The van der Waals surface area contributed by atoms with Gasteiger partial charge >= 0.3 is 18.3 Å². The van der Waals surface area contributed by atoms with Crippen LogP contribution in [0.1, 0.15) is 61.8 Å². The van der Waals surface area contributed by atoms with Gasteiger partial charge in [-0.3, -0.25) is 14.4 Å². The molecule has 0 saturated carbocycles. The lowest BCUT2D eigenvalue weighted by Gasteiger charge is -2.29. The monoisotopic (exact) mass is 771 g/mol. The molecule has 53 heavy (non-hydrogen) atoms. The molecule has 3 amide bonds. The molecule has 0 spiro atoms. The van der Waals surface area contributed by atoms with Gasteiger partial charge in [0.25, 0.3) is 0 Å². The summed E-state index contributed by atoms with van der Waals surface area (Å²) in [7, 11) is 0. The summed E-state index contributed by atoms with van der Waals surface area (Å²) in [6, 6.07) is 3.62. The lowest BCUT2D eigenvalue weighted by molar-refractivity contribution is -0.149. The van der Waals surface area contributed by atoms with Crippen LogP contribution in [-0.2, 0) is 49.3 Å². The third-order valence-electron chi connectivity index (χ3n) is 8.86. The maximum Gasteiger partial charge on any atom is 0.416 e. The Kier molecular flexibility index (Phi) is 13.9. The molecule has 4 atom stereocenters. The number of esters is 1. The number of aromatic nitrogens is 1. The third kappa shape index (κ3) is 11.1. The number of thioether (sulfide) groups is 1. The first-order valence-corrected chi connectivity index (χ1v) is 18.4. The van der Waals surface area contributed by atoms with Gasteiger partial charge in [-0.2, -0.15) is 38.1 Å². The molecule has 1 saturated heterocycles. The highest BCUT2D eigenvalue weighted by molar-refractivity contribution is 7.98. The largest absolute Gasteiger partial charge is 0.459 e. The van der Waals surface area contributed by atoms with Gasteiger partial charge in [0.15, 0.2) is 0 Å². The van der Waals surface area contributed by atoms with Crippen LogP contribution < -0.4 is 16.4 Å². The van der Waals surface area contributed by atoms with E-state index < -0.39 is 77.6 Å². The Labute approximate surface area is 306 Å². The van der Waals surface area contributed by atoms with E-state index in [4.69, 9.17) is 10.5 Å². The number of carbonyl (C=O) groups excluding carboxylic acids is 4. The zero-order chi connectivity index (χ0) is 39.1. The number of nitrogens with one attached hydrogen (secondary N) is 3. The summed E-state index contributed by atoms with van der Waals surface area (Å²) in [6.07, 6.45) is -5.44. The molecule has 290 valence electrons. The molecule has 0 unspecified atom stereocenters. The van der Waals surface area contributed by atoms with Gasteiger partial charge in [-0.25, -0.2) is 4.79 Å². The standard InChI is InChI=1S/C36H43F6N5O5S/c1-20(2)13-28(45-32(49)30-9-6-11-47(30)33(50)26(43)10-12-53-3)31(48)46-29(16-22-18-44-27-8-5-4-7-25(22)27)34(51)52-19-21-14-23(35(37,38)39)17-24(15-21)36(40,41)42/h4-5,7-8,14-15,17-18,20,26,28-30,44H,6,9-13,16,19,43H2,1-3H3,(H,45,49)(H,46,48)/t26-,28-,29-,30-/m0/s1. The minimum absolute atomic E-state index is 0.0325. The van der Waals surface area contributed by atoms with E-state index >= 15 is 0 Å². The maximum absolute atomic E-state index is 13.9. The van der Waals surface area contributed by atoms with Crippen molar-refractivity contribution in [2.75, 3.05) is 18.6 Å². The number of aromatic amines is 1. The second-order valence-corrected chi connectivity index (χ2v) is 14.4. The van der Waals surface area contributed by atoms with Crippen molar-refractivity contribution in [1.29, 1.82) is 0 Å². The van der Waals surface area contributed by atoms with Gasteiger partial charge in [-0.05, 0) is 79.0 Å². The summed E-state index contributed by atoms with van der Waals surface area (Å²) in [5, 5.41) is 6.02. The minimum Gasteiger partial charge on any atom is -0.459 e. The number of para-hydroxylation sites is 1. The van der Waals surface area contributed by atoms with Crippen LogP contribution in [0.2, 0.25) is 0 Å². The van der Waals surface area contributed by atoms with Gasteiger partial charge in [0.2, 0.25) is 17.7 Å². The third-order valence-corrected chi connectivity index (χ3v) is 9.50. The SMILES string of the molecule is CSCC[C@H](N)C(=O)N1CCC[C@H]1C(=O)N[C@@H](CC(C)C)C(=O)N[C@@H](Cc1c[nH]c2ccccc12)C(=O)OCc1cc(C(F)(F)F)cc(C(F)(F)F)c1. The van der Waals surface area contributed by atoms with E-state index in [0.717, 1.165) is 0 Å². The number of rotatable bonds is 15. The molecule has 1 aromatic heterocycles. The number of nitrogens with two attached hydrogens (primary N) is 1. The Hall–Kier alpha value is -4.25. The first kappa shape index (κ1) is 41.5. The van der Waals surface area contributed by atoms with Crippen LogP contribution in [-0.4, -0.2) is 76.3 Å². The topological polar surface area (TPSA) is 147 Å². The van der Waals surface area contributed by atoms with Crippen molar-refractivity contribution in [2.24, 2.45) is 11.7 Å². The van der Waals surface area contributed by atoms with Crippen LogP contribution >= 0.6 is 11.8 Å². The first-order chi connectivity index (χ1) is 24.9. The minimum atomic E-state index is -5.11. The van der Waals surface area contributed by atoms with Crippen molar-refractivity contribution in [2.45, 2.75) is 89.1 Å². The van der Waals surface area contributed by atoms with Gasteiger partial charge < -0.3 is 31.0 Å². The maximum atomic E-state index is 13.9. The van der Waals surface area contributed by atoms with Crippen LogP contribution in [0, 0.1) is 5.92 Å². The molecule has 5 N–H and O–H groups in total. The number of benzene rings is 2. The number of halogens is 6. The number of likely N-dealkylation sites (tertiary alicyclic amines) is 1. The number of amides is 3. The first-order valence-electron chi connectivity index (χ1n) is 17.0. The number of hydrogen-bond donors (Lipinski definition) is 4. The van der Waals surface area contributed by atoms with E-state index in [0.29, 0.717) is 60.2 Å². The lowest BCUT2D eigenvalue weighted by atomic mass is 10.0. The van der Waals surface area contributed by atoms with Gasteiger partial charge in [0.05, 0.1) is 17.2 Å². The second-order valence-electron chi connectivity index (χ2n) is 13.4. The van der Waals surface area contributed by atoms with Crippen LogP contribution in [0.15, 0.2) is 48.7 Å². The van der Waals surface area contributed by atoms with E-state index in [1.165, 1.54) is 16.7 Å². The molecule has 2 heterocycles. The highest BCUT2D eigenvalue weighted by Crippen LogP contribution is 2.36. The number of nitrogens with zero attached hydrogens (tertiary/aromatic N) is 1. The smallest absolute Gasteiger partial charge is 0.416 e. The Balaban J connectivity index is 1.57. The summed E-state index contributed by atoms with van der Waals surface area (Å²) in [6.45, 7) is 2.98. The number of fused-ring (bicyclic) bond motifs is 1. The Morgan fingerprint density at radius 2 is 1.66 bits per heavy atom. The molecule has 10 nitrogen and oxygen atoms in total. The quantitative estimate of drug-likeness (QED) is 0.117. The highest BCUT2D eigenvalue weighted by atomic mass is 32.2. The Bertz CT molecular complexity index is 1730. The van der Waals surface area contributed by atoms with Crippen LogP contribution in [0.5, 0.6) is 0 Å². The van der Waals surface area contributed by atoms with Crippen molar-refractivity contribution in [3.05, 3.63) is 70.9 Å². The molecular weight excluding hydrogens is 728 g/mol. The van der Waals surface area contributed by atoms with Crippen molar-refractivity contribution in [1.82, 2.24) is 20.5 Å². The predicted octanol–water partition coefficient (Wildman–Crippen LogP) is 5.58. The molecule has 0 bridgehead atoms. The van der Waals surface area contributed by atoms with Gasteiger partial charge in [-0.15, -0.1) is 0 Å². The zero-order valence-electron chi connectivity index (χ0n) is 29.4. The van der Waals surface area contributed by atoms with Gasteiger partial charge in [0, 0.05) is 30.1 Å². The number of H-pyrrole nitrogens is 1. The highest BCUT2D eigenvalue weighted by Gasteiger charge is 2.39. The number of carbonyl (C=O) groups is 4. The van der Waals surface area contributed by atoms with E-state index in [2.05, 4.69) is 15.6 Å². The predicted molar refractivity (Wildman–Crippen MR) is 187 cm³/mol. The van der Waals surface area contributed by atoms with Crippen LogP contribution in [0.3, 0.4) is 0 Å². The summed E-state index contributed by atoms with van der Waals surface area (Å²) in [4.78, 5) is 58.6. The van der Waals surface area contributed by atoms with Gasteiger partial charge in [0.1, 0.15) is 24.7 Å². The van der Waals surface area contributed by atoms with E-state index in [-0.39, 0.29) is 30.7 Å². The average Bonchev–Trinajstić information content (AvgIpc) is 3.75. The average molecular weight is 772 g/mol. The summed E-state index contributed by atoms with van der Waals surface area (Å²) in [5.74, 6) is -2.32. The number of ether oxygens (including phenoxy) is 1. The van der Waals surface area contributed by atoms with Crippen molar-refractivity contribution < 1.29 is 50.3 Å². The summed E-state index contributed by atoms with van der Waals surface area (Å²) in [5.41, 5.74) is 3.66. The fourth-order valence-corrected chi connectivity index (χ4v) is 6.69. The number of hydrogen-bond acceptors (Lipinski definition) is 7. The molecular formula is C36H43F6N5O5S. The van der Waals surface area contributed by atoms with Crippen molar-refractivity contribution >= 4 is 46.4 Å². The number of alkyl halides is 6. The van der Waals surface area contributed by atoms with E-state index in [1.54, 1.807) is 30.5 Å². The Morgan fingerprint density at radius 3 is 2.28 bits per heavy atom. The van der Waals surface area contributed by atoms with Gasteiger partial charge in [-0.1, -0.05) is 32.0 Å². The molecule has 1 aliphatic rings. The fraction of sp³-hybridized carbons (Fsp3) is 0.500. The lowest BCUT2D eigenvalue weighted by Crippen LogP contribution is -2.57. The molecule has 3 aromatic rings. The van der Waals surface area contributed by atoms with Crippen molar-refractivity contribution in [3.63, 3.8) is 0 Å². The zero-order valence-corrected chi connectivity index (χ0v) is 30.2. The normalized spacial score (nSPS) is 16.7. The van der Waals surface area contributed by atoms with Crippen LogP contribution in [0.25, 0.3) is 10.9 Å². The van der Waals surface area contributed by atoms with E-state index in [9.17, 15) is 45.5 Å². The fourth-order valence-electron chi connectivity index (χ4n) is 6.20. The molecule has 4 rings (SSSR count). The molecule has 0 radical (unpaired) electrons. The summed E-state index contributed by atoms with van der Waals surface area (Å²) >= 11 is 1.54. The molecule has 1 aliphatic heterocycles. The molecule has 0 aliphatic carbocycles. The molecule has 2 aromatic carbocycles.